The molecule has 8 rings (SSSR count). The van der Waals surface area contributed by atoms with E-state index in [-0.39, 0.29) is 48.6 Å². The fourth-order valence-electron chi connectivity index (χ4n) is 8.14. The molecule has 0 amide bonds. The van der Waals surface area contributed by atoms with Crippen LogP contribution in [-0.2, 0) is 42.7 Å². The van der Waals surface area contributed by atoms with Crippen molar-refractivity contribution in [1.82, 2.24) is 14.5 Å². The Morgan fingerprint density at radius 1 is 0.547 bits per heavy atom. The molecule has 0 saturated carbocycles. The third-order valence-corrected chi connectivity index (χ3v) is 12.0. The second-order valence-corrected chi connectivity index (χ2v) is 19.9. The van der Waals surface area contributed by atoms with Crippen molar-refractivity contribution in [3.05, 3.63) is 167 Å². The van der Waals surface area contributed by atoms with E-state index in [0.717, 1.165) is 44.6 Å². The number of pyridine rings is 1. The van der Waals surface area contributed by atoms with Crippen molar-refractivity contribution < 1.29 is 38.5 Å². The first kappa shape index (κ1) is 35.7. The van der Waals surface area contributed by atoms with Crippen molar-refractivity contribution in [2.75, 3.05) is 0 Å². The van der Waals surface area contributed by atoms with E-state index in [1.807, 2.05) is 60.2 Å². The second kappa shape index (κ2) is 17.1. The van der Waals surface area contributed by atoms with Gasteiger partial charge in [-0.3, -0.25) is 9.55 Å². The van der Waals surface area contributed by atoms with Gasteiger partial charge in [0.2, 0.25) is 0 Å². The Labute approximate surface area is 408 Å². The quantitative estimate of drug-likeness (QED) is 0.169. The molecular formula is C59H62N3OPt-. The van der Waals surface area contributed by atoms with Crippen LogP contribution in [0.4, 0.5) is 0 Å². The Hall–Kier alpha value is -5.57. The maximum atomic E-state index is 12.1. The first-order valence-corrected chi connectivity index (χ1v) is 21.5. The van der Waals surface area contributed by atoms with Gasteiger partial charge in [0.15, 0.2) is 0 Å². The average Bonchev–Trinajstić information content (AvgIpc) is 3.67. The van der Waals surface area contributed by atoms with Gasteiger partial charge in [-0.05, 0) is 97.9 Å². The molecule has 0 saturated heterocycles. The van der Waals surface area contributed by atoms with E-state index in [1.54, 1.807) is 30.3 Å². The fourth-order valence-corrected chi connectivity index (χ4v) is 8.14. The molecule has 0 radical (unpaired) electrons. The van der Waals surface area contributed by atoms with Crippen LogP contribution in [0.25, 0.3) is 72.7 Å². The summed E-state index contributed by atoms with van der Waals surface area (Å²) in [5.74, 6) is 0.356. The van der Waals surface area contributed by atoms with Crippen molar-refractivity contribution in [1.29, 1.82) is 0 Å². The molecule has 0 aliphatic rings. The van der Waals surface area contributed by atoms with E-state index in [1.165, 1.54) is 17.7 Å². The topological polar surface area (TPSA) is 50.9 Å². The Kier molecular flexibility index (Phi) is 9.55. The van der Waals surface area contributed by atoms with Crippen LogP contribution in [0.15, 0.2) is 134 Å². The normalized spacial score (nSPS) is 15.1. The van der Waals surface area contributed by atoms with Crippen LogP contribution in [0, 0.1) is 13.0 Å². The maximum Gasteiger partial charge on any atom is 0.148 e. The summed E-state index contributed by atoms with van der Waals surface area (Å²) in [6.45, 7) is 10.7. The summed E-state index contributed by atoms with van der Waals surface area (Å²) in [6.07, 6.45) is 1.82. The summed E-state index contributed by atoms with van der Waals surface area (Å²) in [7, 11) is 0. The number of hydrogen-bond acceptors (Lipinski definition) is 3. The van der Waals surface area contributed by atoms with E-state index in [4.69, 9.17) is 22.3 Å². The van der Waals surface area contributed by atoms with E-state index < -0.39 is 26.0 Å². The van der Waals surface area contributed by atoms with Crippen LogP contribution in [0.3, 0.4) is 0 Å². The van der Waals surface area contributed by atoms with Crippen LogP contribution < -0.4 is 0 Å². The van der Waals surface area contributed by atoms with Crippen molar-refractivity contribution in [2.45, 2.75) is 111 Å². The summed E-state index contributed by atoms with van der Waals surface area (Å²) >= 11 is 0. The molecule has 0 fully saturated rings. The average molecular weight is 1030 g/mol. The number of phenols is 1. The van der Waals surface area contributed by atoms with Crippen molar-refractivity contribution >= 4 is 11.0 Å². The molecule has 6 aromatic carbocycles. The Bertz CT molecular complexity index is 3300. The first-order valence-electron chi connectivity index (χ1n) is 26.0. The number of aryl methyl sites for hydroxylation is 1. The Morgan fingerprint density at radius 3 is 1.83 bits per heavy atom. The van der Waals surface area contributed by atoms with Gasteiger partial charge in [-0.25, -0.2) is 4.98 Å². The number of aromatic nitrogens is 3. The van der Waals surface area contributed by atoms with Crippen LogP contribution in [0.2, 0.25) is 0 Å². The molecule has 64 heavy (non-hydrogen) atoms. The number of aromatic hydroxyl groups is 1. The van der Waals surface area contributed by atoms with Gasteiger partial charge in [0, 0.05) is 50.9 Å². The number of hydrogen-bond donors (Lipinski definition) is 1. The van der Waals surface area contributed by atoms with Crippen LogP contribution in [-0.4, -0.2) is 19.6 Å². The van der Waals surface area contributed by atoms with E-state index >= 15 is 0 Å². The number of benzene rings is 6. The SMILES string of the molecule is [2H]C([2H])([2H])C(c1ccc(-n2c(-c3cc(C(C)(C)C)cc(C)c3O)nc3c(-c4[c-]c(-c5cc(-c6ccc(C(C)(C)C)cc6)ccn5)cc(C(C)(C)C)c4)cccc32)c(-c2ccccc2)c1)(C([2H])([2H])[2H])C([2H])([2H])[2H].[Pt]. The van der Waals surface area contributed by atoms with Crippen molar-refractivity contribution in [2.24, 2.45) is 0 Å². The molecule has 0 aliphatic heterocycles. The number of phenolic OH excluding ortho intramolecular Hbond substituents is 1. The summed E-state index contributed by atoms with van der Waals surface area (Å²) in [6, 6.07) is 43.7. The van der Waals surface area contributed by atoms with Gasteiger partial charge in [0.1, 0.15) is 11.6 Å². The molecule has 0 unspecified atom stereocenters. The van der Waals surface area contributed by atoms with E-state index in [0.29, 0.717) is 44.8 Å². The number of para-hydroxylation sites is 1. The predicted octanol–water partition coefficient (Wildman–Crippen LogP) is 15.8. The minimum Gasteiger partial charge on any atom is -0.507 e. The monoisotopic (exact) mass is 1030 g/mol. The smallest absolute Gasteiger partial charge is 0.148 e. The third kappa shape index (κ3) is 9.18. The molecule has 2 heterocycles. The largest absolute Gasteiger partial charge is 0.507 e. The van der Waals surface area contributed by atoms with Crippen LogP contribution in [0.1, 0.15) is 123 Å². The molecule has 330 valence electrons. The predicted molar refractivity (Wildman–Crippen MR) is 266 cm³/mol. The third-order valence-electron chi connectivity index (χ3n) is 12.0. The zero-order valence-corrected chi connectivity index (χ0v) is 40.6. The van der Waals surface area contributed by atoms with E-state index in [9.17, 15) is 5.11 Å². The van der Waals surface area contributed by atoms with Crippen molar-refractivity contribution in [3.8, 4) is 67.5 Å². The van der Waals surface area contributed by atoms with Crippen LogP contribution >= 0.6 is 0 Å². The standard InChI is InChI=1S/C59H62N3O.Pt/c1-37-30-45(58(8,9)10)36-49(54(37)63)55-61-53-47(20-17-21-52(53)62(55)51-27-26-44(57(5,6)7)35-48(51)39-18-15-14-16-19-39)41-31-42(33-46(32-41)59(11,12)13)50-34-40(28-29-60-50)38-22-24-43(25-23-38)56(2,3)4;/h14-30,32-36,63H,1-13H3;/q-1;/i5D3,6D3,7D3;. The van der Waals surface area contributed by atoms with Gasteiger partial charge in [0.05, 0.1) is 22.3 Å². The zero-order valence-electron chi connectivity index (χ0n) is 47.3. The van der Waals surface area contributed by atoms with Gasteiger partial charge in [-0.1, -0.05) is 179 Å². The molecule has 4 nitrogen and oxygen atoms in total. The minimum atomic E-state index is -3.48. The number of nitrogens with zero attached hydrogens (tertiary/aromatic N) is 3. The van der Waals surface area contributed by atoms with Gasteiger partial charge in [-0.2, -0.15) is 0 Å². The Morgan fingerprint density at radius 2 is 1.17 bits per heavy atom. The summed E-state index contributed by atoms with van der Waals surface area (Å²) in [5, 5.41) is 12.1. The zero-order chi connectivity index (χ0) is 52.7. The Balaban J connectivity index is 0.00000780. The molecule has 5 heteroatoms. The fraction of sp³-hybridized carbons (Fsp3) is 0.288. The van der Waals surface area contributed by atoms with E-state index in [2.05, 4.69) is 111 Å². The first-order chi connectivity index (χ1) is 33.3. The summed E-state index contributed by atoms with van der Waals surface area (Å²) in [4.78, 5) is 10.3. The van der Waals surface area contributed by atoms with Gasteiger partial charge in [-0.15, -0.1) is 29.3 Å². The number of fused-ring (bicyclic) bond motifs is 1. The molecular weight excluding hydrogens is 962 g/mol. The molecule has 0 bridgehead atoms. The van der Waals surface area contributed by atoms with Gasteiger partial charge in [0.25, 0.3) is 0 Å². The second-order valence-electron chi connectivity index (χ2n) is 19.9. The minimum absolute atomic E-state index is 0. The maximum absolute atomic E-state index is 12.1. The van der Waals surface area contributed by atoms with Crippen molar-refractivity contribution in [3.63, 3.8) is 0 Å². The molecule has 0 aliphatic carbocycles. The molecule has 8 aromatic rings. The number of rotatable bonds is 6. The molecule has 1 N–H and O–H groups in total. The molecule has 2 aromatic heterocycles. The molecule has 0 spiro atoms. The summed E-state index contributed by atoms with van der Waals surface area (Å²) in [5.41, 5.74) is 7.66. The van der Waals surface area contributed by atoms with Gasteiger partial charge < -0.3 is 5.11 Å². The van der Waals surface area contributed by atoms with Crippen LogP contribution in [0.5, 0.6) is 5.75 Å². The van der Waals surface area contributed by atoms with Gasteiger partial charge >= 0.3 is 0 Å². The summed E-state index contributed by atoms with van der Waals surface area (Å²) < 4.78 is 79.2. The molecule has 0 atom stereocenters. The number of imidazole rings is 1.